The average molecular weight is 497 g/mol. The highest BCUT2D eigenvalue weighted by molar-refractivity contribution is 8.77. The Kier molecular flexibility index (Phi) is 8.69. The molecule has 9 nitrogen and oxygen atoms in total. The molecule has 1 heterocycles. The molecule has 1 aliphatic heterocycles. The summed E-state index contributed by atoms with van der Waals surface area (Å²) in [5.74, 6) is -1.67. The summed E-state index contributed by atoms with van der Waals surface area (Å²) in [5, 5.41) is 20.4. The molecule has 0 radical (unpaired) electrons. The van der Waals surface area contributed by atoms with Gasteiger partial charge in [0.05, 0.1) is 0 Å². The minimum Gasteiger partial charge on any atom is -0.508 e. The zero-order valence-electron chi connectivity index (χ0n) is 19.6. The first-order chi connectivity index (χ1) is 15.3. The van der Waals surface area contributed by atoms with E-state index in [0.717, 1.165) is 0 Å². The van der Waals surface area contributed by atoms with E-state index < -0.39 is 39.4 Å². The van der Waals surface area contributed by atoms with Gasteiger partial charge in [0.15, 0.2) is 0 Å². The molecule has 4 amide bonds. The number of amides is 4. The van der Waals surface area contributed by atoms with Crippen LogP contribution >= 0.6 is 21.6 Å². The zero-order chi connectivity index (χ0) is 25.0. The van der Waals surface area contributed by atoms with Crippen molar-refractivity contribution in [1.82, 2.24) is 21.3 Å². The number of nitrogens with one attached hydrogen (secondary N) is 4. The van der Waals surface area contributed by atoms with Gasteiger partial charge in [0.2, 0.25) is 23.6 Å². The van der Waals surface area contributed by atoms with E-state index in [1.54, 1.807) is 12.1 Å². The molecule has 0 spiro atoms. The van der Waals surface area contributed by atoms with Crippen LogP contribution in [0.1, 0.15) is 40.2 Å². The lowest BCUT2D eigenvalue weighted by Gasteiger charge is -2.37. The van der Waals surface area contributed by atoms with Gasteiger partial charge < -0.3 is 26.4 Å². The van der Waals surface area contributed by atoms with Gasteiger partial charge in [-0.15, -0.1) is 0 Å². The summed E-state index contributed by atoms with van der Waals surface area (Å²) in [4.78, 5) is 51.2. The van der Waals surface area contributed by atoms with Crippen molar-refractivity contribution in [2.24, 2.45) is 0 Å². The largest absolute Gasteiger partial charge is 0.508 e. The fraction of sp³-hybridized carbons (Fsp3) is 0.545. The molecule has 1 aromatic rings. The number of hydrogen-bond donors (Lipinski definition) is 5. The lowest BCUT2D eigenvalue weighted by atomic mass is 9.98. The topological polar surface area (TPSA) is 137 Å². The van der Waals surface area contributed by atoms with Crippen molar-refractivity contribution in [3.05, 3.63) is 29.8 Å². The zero-order valence-corrected chi connectivity index (χ0v) is 21.3. The molecule has 0 unspecified atom stereocenters. The van der Waals surface area contributed by atoms with E-state index in [0.29, 0.717) is 5.56 Å². The Hall–Kier alpha value is -2.40. The minimum absolute atomic E-state index is 0.0811. The van der Waals surface area contributed by atoms with E-state index >= 15 is 0 Å². The molecule has 3 atom stereocenters. The van der Waals surface area contributed by atoms with Gasteiger partial charge >= 0.3 is 0 Å². The molecule has 0 bridgehead atoms. The number of phenolic OH excluding ortho intramolecular Hbond substituents is 1. The summed E-state index contributed by atoms with van der Waals surface area (Å²) < 4.78 is -1.50. The van der Waals surface area contributed by atoms with Crippen molar-refractivity contribution >= 4 is 45.2 Å². The molecule has 5 N–H and O–H groups in total. The fourth-order valence-electron chi connectivity index (χ4n) is 3.34. The molecule has 11 heteroatoms. The highest BCUT2D eigenvalue weighted by Gasteiger charge is 2.45. The summed E-state index contributed by atoms with van der Waals surface area (Å²) in [6.45, 7) is 8.68. The van der Waals surface area contributed by atoms with Gasteiger partial charge in [0.25, 0.3) is 0 Å². The van der Waals surface area contributed by atoms with Crippen LogP contribution in [0.2, 0.25) is 0 Å². The Bertz CT molecular complexity index is 905. The van der Waals surface area contributed by atoms with Crippen LogP contribution in [-0.2, 0) is 25.6 Å². The number of carbonyl (C=O) groups is 4. The molecular weight excluding hydrogens is 464 g/mol. The Labute approximate surface area is 202 Å². The highest BCUT2D eigenvalue weighted by atomic mass is 33.1. The third kappa shape index (κ3) is 7.04. The predicted molar refractivity (Wildman–Crippen MR) is 131 cm³/mol. The van der Waals surface area contributed by atoms with Crippen LogP contribution in [0.4, 0.5) is 0 Å². The first-order valence-corrected chi connectivity index (χ1v) is 12.7. The first-order valence-electron chi connectivity index (χ1n) is 10.5. The number of aromatic hydroxyl groups is 1. The second-order valence-electron chi connectivity index (χ2n) is 8.99. The number of phenols is 1. The van der Waals surface area contributed by atoms with E-state index in [-0.39, 0.29) is 24.0 Å². The van der Waals surface area contributed by atoms with Crippen LogP contribution in [0.5, 0.6) is 5.75 Å². The maximum Gasteiger partial charge on any atom is 0.244 e. The van der Waals surface area contributed by atoms with Gasteiger partial charge in [-0.05, 0) is 45.4 Å². The maximum absolute atomic E-state index is 13.3. The van der Waals surface area contributed by atoms with Crippen LogP contribution in [0.25, 0.3) is 0 Å². The SMILES string of the molecule is CNC(=O)[C@H]1NC(=O)[C@H](Cc2ccc(O)cc2)NC(=O)[C@@H](NC(C)=O)C(C)(C)SSC1(C)C. The lowest BCUT2D eigenvalue weighted by Crippen LogP contribution is -2.61. The third-order valence-corrected chi connectivity index (χ3v) is 9.52. The monoisotopic (exact) mass is 496 g/mol. The summed E-state index contributed by atoms with van der Waals surface area (Å²) in [6.07, 6.45) is 0.131. The van der Waals surface area contributed by atoms with Crippen LogP contribution in [0.15, 0.2) is 24.3 Å². The highest BCUT2D eigenvalue weighted by Crippen LogP contribution is 2.46. The van der Waals surface area contributed by atoms with Gasteiger partial charge in [-0.2, -0.15) is 0 Å². The van der Waals surface area contributed by atoms with E-state index in [4.69, 9.17) is 0 Å². The Morgan fingerprint density at radius 3 is 2.12 bits per heavy atom. The molecule has 1 saturated heterocycles. The van der Waals surface area contributed by atoms with Crippen molar-refractivity contribution in [1.29, 1.82) is 0 Å². The summed E-state index contributed by atoms with van der Waals surface area (Å²) in [7, 11) is 4.24. The predicted octanol–water partition coefficient (Wildman–Crippen LogP) is 1.11. The van der Waals surface area contributed by atoms with Gasteiger partial charge in [-0.25, -0.2) is 0 Å². The number of carbonyl (C=O) groups excluding carboxylic acids is 4. The van der Waals surface area contributed by atoms with Crippen molar-refractivity contribution < 1.29 is 24.3 Å². The number of likely N-dealkylation sites (N-methyl/N-ethyl adjacent to an activating group) is 1. The maximum atomic E-state index is 13.3. The van der Waals surface area contributed by atoms with Gasteiger partial charge in [0.1, 0.15) is 23.9 Å². The van der Waals surface area contributed by atoms with E-state index in [2.05, 4.69) is 21.3 Å². The standard InChI is InChI=1S/C22H32N4O5S2/c1-12(27)24-17-20(31)25-15(11-13-7-9-14(28)10-8-13)18(29)26-16(19(30)23-6)21(2,3)32-33-22(17,4)5/h7-10,15-17,28H,11H2,1-6H3,(H,23,30)(H,24,27)(H,25,31)(H,26,29)/t15-,16+,17+/m0/s1. The summed E-state index contributed by atoms with van der Waals surface area (Å²) >= 11 is 0. The molecule has 182 valence electrons. The molecule has 0 saturated carbocycles. The Morgan fingerprint density at radius 1 is 1.00 bits per heavy atom. The quantitative estimate of drug-likeness (QED) is 0.394. The third-order valence-electron chi connectivity index (χ3n) is 5.28. The van der Waals surface area contributed by atoms with Crippen molar-refractivity contribution in [2.45, 2.75) is 68.7 Å². The Morgan fingerprint density at radius 2 is 1.58 bits per heavy atom. The van der Waals surface area contributed by atoms with Gasteiger partial charge in [-0.1, -0.05) is 33.7 Å². The number of benzene rings is 1. The van der Waals surface area contributed by atoms with Gasteiger partial charge in [0, 0.05) is 29.9 Å². The Balaban J connectivity index is 2.51. The van der Waals surface area contributed by atoms with Crippen LogP contribution in [0, 0.1) is 0 Å². The van der Waals surface area contributed by atoms with Crippen molar-refractivity contribution in [3.63, 3.8) is 0 Å². The minimum atomic E-state index is -1.01. The fourth-order valence-corrected chi connectivity index (χ4v) is 6.16. The second kappa shape index (κ2) is 10.7. The smallest absolute Gasteiger partial charge is 0.244 e. The van der Waals surface area contributed by atoms with Crippen molar-refractivity contribution in [2.75, 3.05) is 7.05 Å². The van der Waals surface area contributed by atoms with E-state index in [1.165, 1.54) is 47.7 Å². The molecule has 1 aromatic carbocycles. The van der Waals surface area contributed by atoms with Gasteiger partial charge in [-0.3, -0.25) is 19.2 Å². The average Bonchev–Trinajstić information content (AvgIpc) is 2.74. The molecule has 1 fully saturated rings. The van der Waals surface area contributed by atoms with Crippen molar-refractivity contribution in [3.8, 4) is 5.75 Å². The number of rotatable bonds is 4. The van der Waals surface area contributed by atoms with Crippen LogP contribution in [0.3, 0.4) is 0 Å². The molecule has 0 aliphatic carbocycles. The molecule has 33 heavy (non-hydrogen) atoms. The van der Waals surface area contributed by atoms with E-state index in [9.17, 15) is 24.3 Å². The lowest BCUT2D eigenvalue weighted by molar-refractivity contribution is -0.134. The molecule has 1 aliphatic rings. The van der Waals surface area contributed by atoms with E-state index in [1.807, 2.05) is 27.7 Å². The first kappa shape index (κ1) is 26.8. The second-order valence-corrected chi connectivity index (χ2v) is 12.4. The number of hydrogen-bond acceptors (Lipinski definition) is 7. The normalized spacial score (nSPS) is 25.1. The summed E-state index contributed by atoms with van der Waals surface area (Å²) in [6, 6.07) is 3.49. The van der Waals surface area contributed by atoms with Crippen LogP contribution in [-0.4, -0.2) is 63.4 Å². The summed E-state index contributed by atoms with van der Waals surface area (Å²) in [5.41, 5.74) is 0.706. The molecular formula is C22H32N4O5S2. The van der Waals surface area contributed by atoms with Crippen LogP contribution < -0.4 is 21.3 Å². The molecule has 2 rings (SSSR count). The molecule has 0 aromatic heterocycles.